The average molecular weight is 370 g/mol. The summed E-state index contributed by atoms with van der Waals surface area (Å²) < 4.78 is 41.2. The highest BCUT2D eigenvalue weighted by molar-refractivity contribution is 5.68. The van der Waals surface area contributed by atoms with Crippen molar-refractivity contribution in [2.75, 3.05) is 5.32 Å². The molecule has 0 saturated heterocycles. The van der Waals surface area contributed by atoms with Crippen LogP contribution in [-0.4, -0.2) is 24.6 Å². The number of nitrogens with one attached hydrogen (secondary N) is 1. The van der Waals surface area contributed by atoms with Gasteiger partial charge in [0.25, 0.3) is 0 Å². The van der Waals surface area contributed by atoms with Crippen LogP contribution in [0.25, 0.3) is 16.9 Å². The topological polar surface area (TPSA) is 68.0 Å². The maximum absolute atomic E-state index is 13.2. The van der Waals surface area contributed by atoms with E-state index in [-0.39, 0.29) is 11.3 Å². The molecule has 0 aromatic carbocycles. The van der Waals surface area contributed by atoms with Crippen LogP contribution in [0.15, 0.2) is 55.1 Å². The highest BCUT2D eigenvalue weighted by Crippen LogP contribution is 2.35. The van der Waals surface area contributed by atoms with Gasteiger partial charge >= 0.3 is 6.18 Å². The monoisotopic (exact) mass is 370 g/mol. The Hall–Kier alpha value is -3.49. The van der Waals surface area contributed by atoms with Crippen molar-refractivity contribution < 1.29 is 13.2 Å². The molecule has 27 heavy (non-hydrogen) atoms. The summed E-state index contributed by atoms with van der Waals surface area (Å²) in [6.45, 7) is 1.88. The molecule has 0 fully saturated rings. The molecule has 0 bridgehead atoms. The van der Waals surface area contributed by atoms with E-state index in [1.165, 1.54) is 29.0 Å². The summed E-state index contributed by atoms with van der Waals surface area (Å²) in [7, 11) is 0. The fraction of sp³-hybridized carbons (Fsp3) is 0.111. The number of anilines is 2. The highest BCUT2D eigenvalue weighted by Gasteiger charge is 2.34. The van der Waals surface area contributed by atoms with Crippen molar-refractivity contribution >= 4 is 17.2 Å². The second kappa shape index (κ2) is 6.35. The molecule has 136 valence electrons. The highest BCUT2D eigenvalue weighted by atomic mass is 19.4. The summed E-state index contributed by atoms with van der Waals surface area (Å²) in [5.41, 5.74) is 1.28. The molecule has 6 nitrogen and oxygen atoms in total. The summed E-state index contributed by atoms with van der Waals surface area (Å²) in [6.07, 6.45) is 1.38. The van der Waals surface area contributed by atoms with Crippen molar-refractivity contribution in [3.05, 3.63) is 66.4 Å². The van der Waals surface area contributed by atoms with E-state index in [9.17, 15) is 13.2 Å². The zero-order chi connectivity index (χ0) is 19.0. The molecule has 0 unspecified atom stereocenters. The molecule has 0 aliphatic heterocycles. The van der Waals surface area contributed by atoms with Gasteiger partial charge in [0.1, 0.15) is 0 Å². The number of hydrogen-bond acceptors (Lipinski definition) is 5. The van der Waals surface area contributed by atoms with Crippen LogP contribution in [-0.2, 0) is 6.18 Å². The van der Waals surface area contributed by atoms with E-state index in [1.807, 2.05) is 19.1 Å². The van der Waals surface area contributed by atoms with Gasteiger partial charge in [-0.05, 0) is 37.3 Å². The zero-order valence-electron chi connectivity index (χ0n) is 14.1. The van der Waals surface area contributed by atoms with Gasteiger partial charge in [0.15, 0.2) is 11.5 Å². The summed E-state index contributed by atoms with van der Waals surface area (Å²) >= 11 is 0. The Bertz CT molecular complexity index is 1100. The van der Waals surface area contributed by atoms with Crippen molar-refractivity contribution in [2.45, 2.75) is 13.1 Å². The van der Waals surface area contributed by atoms with E-state index in [4.69, 9.17) is 0 Å². The summed E-state index contributed by atoms with van der Waals surface area (Å²) in [4.78, 5) is 12.3. The van der Waals surface area contributed by atoms with Gasteiger partial charge in [-0.15, -0.1) is 0 Å². The van der Waals surface area contributed by atoms with Crippen molar-refractivity contribution in [3.8, 4) is 11.3 Å². The largest absolute Gasteiger partial charge is 0.418 e. The van der Waals surface area contributed by atoms with Crippen LogP contribution in [0.3, 0.4) is 0 Å². The second-order valence-corrected chi connectivity index (χ2v) is 5.87. The van der Waals surface area contributed by atoms with Gasteiger partial charge < -0.3 is 5.32 Å². The van der Waals surface area contributed by atoms with E-state index in [1.54, 1.807) is 12.4 Å². The molecule has 4 rings (SSSR count). The van der Waals surface area contributed by atoms with Crippen LogP contribution in [0, 0.1) is 6.92 Å². The van der Waals surface area contributed by atoms with Crippen LogP contribution in [0.2, 0.25) is 0 Å². The molecule has 0 spiro atoms. The van der Waals surface area contributed by atoms with Crippen LogP contribution in [0.1, 0.15) is 11.3 Å². The number of halogens is 3. The lowest BCUT2D eigenvalue weighted by Gasteiger charge is -2.11. The van der Waals surface area contributed by atoms with Crippen molar-refractivity contribution in [3.63, 3.8) is 0 Å². The molecule has 1 N–H and O–H groups in total. The number of aromatic nitrogens is 5. The molecule has 0 atom stereocenters. The molecule has 4 heterocycles. The standard InChI is InChI=1S/C18H13F3N6/c1-11-4-5-13(9-23-11)26-16-10-24-15-7-12(8-25-27(15)16)17-14(18(19,20)21)3-2-6-22-17/h2-10,26H,1H3. The fourth-order valence-electron chi connectivity index (χ4n) is 2.64. The number of nitrogens with zero attached hydrogens (tertiary/aromatic N) is 5. The Balaban J connectivity index is 1.72. The Morgan fingerprint density at radius 3 is 2.59 bits per heavy atom. The first kappa shape index (κ1) is 17.0. The van der Waals surface area contributed by atoms with Crippen LogP contribution < -0.4 is 5.32 Å². The third kappa shape index (κ3) is 3.31. The molecule has 0 saturated carbocycles. The molecule has 0 amide bonds. The molecular formula is C18H13F3N6. The molecule has 4 aromatic heterocycles. The van der Waals surface area contributed by atoms with Gasteiger partial charge in [-0.3, -0.25) is 9.97 Å². The summed E-state index contributed by atoms with van der Waals surface area (Å²) in [5.74, 6) is 0.569. The summed E-state index contributed by atoms with van der Waals surface area (Å²) in [6, 6.07) is 7.49. The number of alkyl halides is 3. The lowest BCUT2D eigenvalue weighted by atomic mass is 10.1. The van der Waals surface area contributed by atoms with Crippen molar-refractivity contribution in [2.24, 2.45) is 0 Å². The Morgan fingerprint density at radius 1 is 1.00 bits per heavy atom. The number of rotatable bonds is 3. The molecule has 0 aliphatic rings. The van der Waals surface area contributed by atoms with Crippen molar-refractivity contribution in [1.29, 1.82) is 0 Å². The average Bonchev–Trinajstić information content (AvgIpc) is 3.05. The van der Waals surface area contributed by atoms with Gasteiger partial charge in [0.2, 0.25) is 0 Å². The second-order valence-electron chi connectivity index (χ2n) is 5.87. The van der Waals surface area contributed by atoms with Gasteiger partial charge in [-0.25, -0.2) is 4.98 Å². The van der Waals surface area contributed by atoms with Gasteiger partial charge in [0, 0.05) is 17.5 Å². The predicted molar refractivity (Wildman–Crippen MR) is 93.5 cm³/mol. The minimum Gasteiger partial charge on any atom is -0.338 e. The van der Waals surface area contributed by atoms with Gasteiger partial charge in [0.05, 0.1) is 35.5 Å². The van der Waals surface area contributed by atoms with Crippen LogP contribution >= 0.6 is 0 Å². The fourth-order valence-corrected chi connectivity index (χ4v) is 2.64. The van der Waals surface area contributed by atoms with Gasteiger partial charge in [-0.1, -0.05) is 0 Å². The van der Waals surface area contributed by atoms with E-state index >= 15 is 0 Å². The number of pyridine rings is 2. The molecule has 9 heteroatoms. The molecular weight excluding hydrogens is 357 g/mol. The van der Waals surface area contributed by atoms with E-state index < -0.39 is 11.7 Å². The normalized spacial score (nSPS) is 11.7. The number of imidazole rings is 1. The Morgan fingerprint density at radius 2 is 1.85 bits per heavy atom. The first-order chi connectivity index (χ1) is 12.9. The third-order valence-corrected chi connectivity index (χ3v) is 3.93. The maximum Gasteiger partial charge on any atom is 0.418 e. The van der Waals surface area contributed by atoms with E-state index in [0.717, 1.165) is 17.4 Å². The van der Waals surface area contributed by atoms with Crippen molar-refractivity contribution in [1.82, 2.24) is 24.6 Å². The van der Waals surface area contributed by atoms with Crippen LogP contribution in [0.5, 0.6) is 0 Å². The lowest BCUT2D eigenvalue weighted by Crippen LogP contribution is -2.08. The molecule has 4 aromatic rings. The number of aryl methyl sites for hydroxylation is 1. The number of hydrogen-bond donors (Lipinski definition) is 1. The molecule has 0 radical (unpaired) electrons. The Kier molecular flexibility index (Phi) is 3.98. The SMILES string of the molecule is Cc1ccc(Nc2cnc3cc(-c4ncccc4C(F)(F)F)cnn23)cn1. The van der Waals surface area contributed by atoms with Gasteiger partial charge in [-0.2, -0.15) is 22.8 Å². The number of fused-ring (bicyclic) bond motifs is 1. The molecule has 0 aliphatic carbocycles. The van der Waals surface area contributed by atoms with Crippen LogP contribution in [0.4, 0.5) is 24.7 Å². The zero-order valence-corrected chi connectivity index (χ0v) is 14.1. The predicted octanol–water partition coefficient (Wildman–Crippen LogP) is 4.26. The van der Waals surface area contributed by atoms with E-state index in [0.29, 0.717) is 11.5 Å². The quantitative estimate of drug-likeness (QED) is 0.584. The lowest BCUT2D eigenvalue weighted by molar-refractivity contribution is -0.137. The minimum absolute atomic E-state index is 0.180. The Labute approximate surface area is 151 Å². The smallest absolute Gasteiger partial charge is 0.338 e. The van der Waals surface area contributed by atoms with E-state index in [2.05, 4.69) is 25.4 Å². The first-order valence-corrected chi connectivity index (χ1v) is 7.98. The minimum atomic E-state index is -4.50. The summed E-state index contributed by atoms with van der Waals surface area (Å²) in [5, 5.41) is 7.35. The first-order valence-electron chi connectivity index (χ1n) is 7.98. The third-order valence-electron chi connectivity index (χ3n) is 3.93. The maximum atomic E-state index is 13.2.